The summed E-state index contributed by atoms with van der Waals surface area (Å²) >= 11 is 0. The number of hydrogen-bond acceptors (Lipinski definition) is 11. The van der Waals surface area contributed by atoms with Gasteiger partial charge in [-0.1, -0.05) is 58.4 Å². The van der Waals surface area contributed by atoms with Crippen LogP contribution in [0.1, 0.15) is 70.8 Å². The Morgan fingerprint density at radius 3 is 1.94 bits per heavy atom. The Kier molecular flexibility index (Phi) is 15.7. The zero-order valence-electron chi connectivity index (χ0n) is 28.4. The second-order valence-electron chi connectivity index (χ2n) is 11.3. The van der Waals surface area contributed by atoms with Crippen LogP contribution in [0.4, 0.5) is 34.1 Å². The Morgan fingerprint density at radius 2 is 1.38 bits per heavy atom. The third-order valence-electron chi connectivity index (χ3n) is 7.47. The second-order valence-corrected chi connectivity index (χ2v) is 11.3. The van der Waals surface area contributed by atoms with Crippen LogP contribution in [0.25, 0.3) is 0 Å². The van der Waals surface area contributed by atoms with Crippen LogP contribution in [0.15, 0.2) is 87.2 Å². The molecule has 0 bridgehead atoms. The minimum absolute atomic E-state index is 0.0317. The summed E-state index contributed by atoms with van der Waals surface area (Å²) in [5, 5.41) is 31.7. The highest BCUT2D eigenvalue weighted by atomic mass is 16.6. The van der Waals surface area contributed by atoms with E-state index in [1.807, 2.05) is 18.2 Å². The Bertz CT molecular complexity index is 1570. The van der Waals surface area contributed by atoms with Crippen LogP contribution in [0.2, 0.25) is 0 Å². The Balaban J connectivity index is 1.76. The number of methoxy groups -OCH3 is 2. The molecule has 0 heterocycles. The first-order valence-corrected chi connectivity index (χ1v) is 16.3. The molecule has 0 saturated heterocycles. The molecule has 3 aromatic rings. The zero-order valence-corrected chi connectivity index (χ0v) is 28.4. The molecule has 0 aromatic heterocycles. The molecule has 0 atom stereocenters. The smallest absolute Gasteiger partial charge is 0.333 e. The molecule has 0 amide bonds. The number of hydrogen-bond donors (Lipinski definition) is 1. The number of nitrogens with zero attached hydrogens (tertiary/aromatic N) is 5. The van der Waals surface area contributed by atoms with Crippen molar-refractivity contribution in [3.63, 3.8) is 0 Å². The van der Waals surface area contributed by atoms with E-state index >= 15 is 0 Å². The van der Waals surface area contributed by atoms with Crippen molar-refractivity contribution >= 4 is 40.1 Å². The topological polar surface area (TPSA) is 149 Å². The Morgan fingerprint density at radius 1 is 0.812 bits per heavy atom. The average Bonchev–Trinajstić information content (AvgIpc) is 3.09. The van der Waals surface area contributed by atoms with E-state index in [-0.39, 0.29) is 12.3 Å². The first kappa shape index (κ1) is 37.3. The monoisotopic (exact) mass is 658 g/mol. The molecule has 1 N–H and O–H groups in total. The maximum absolute atomic E-state index is 11.7. The lowest BCUT2D eigenvalue weighted by Gasteiger charge is -2.13. The predicted octanol–water partition coefficient (Wildman–Crippen LogP) is 10.7. The highest BCUT2D eigenvalue weighted by Gasteiger charge is 2.13. The molecule has 0 radical (unpaired) electrons. The van der Waals surface area contributed by atoms with E-state index in [4.69, 9.17) is 14.2 Å². The van der Waals surface area contributed by atoms with Gasteiger partial charge in [0.05, 0.1) is 30.5 Å². The highest BCUT2D eigenvalue weighted by Crippen LogP contribution is 2.41. The van der Waals surface area contributed by atoms with Crippen LogP contribution in [0.3, 0.4) is 0 Å². The number of anilines is 1. The van der Waals surface area contributed by atoms with Gasteiger partial charge in [0.25, 0.3) is 5.69 Å². The molecule has 3 aromatic carbocycles. The van der Waals surface area contributed by atoms with E-state index in [2.05, 4.69) is 39.3 Å². The number of carbonyl (C=O) groups is 1. The van der Waals surface area contributed by atoms with Crippen molar-refractivity contribution in [1.29, 1.82) is 0 Å². The third kappa shape index (κ3) is 12.2. The fourth-order valence-electron chi connectivity index (χ4n) is 4.81. The summed E-state index contributed by atoms with van der Waals surface area (Å²) in [7, 11) is 3.03. The van der Waals surface area contributed by atoms with Gasteiger partial charge in [-0.15, -0.1) is 10.2 Å². The molecule has 48 heavy (non-hydrogen) atoms. The van der Waals surface area contributed by atoms with Crippen LogP contribution in [-0.4, -0.2) is 38.3 Å². The maximum atomic E-state index is 11.7. The van der Waals surface area contributed by atoms with Gasteiger partial charge in [-0.3, -0.25) is 10.1 Å². The number of nitro groups is 1. The molecular weight excluding hydrogens is 612 g/mol. The second kappa shape index (κ2) is 20.2. The molecular formula is C36H46N6O6. The minimum atomic E-state index is -0.474. The fraction of sp³-hybridized carbons (Fsp3) is 0.417. The molecule has 0 unspecified atom stereocenters. The highest BCUT2D eigenvalue weighted by molar-refractivity contribution is 5.86. The first-order chi connectivity index (χ1) is 23.2. The number of unbranched alkanes of at least 4 members (excludes halogenated alkanes) is 7. The van der Waals surface area contributed by atoms with Gasteiger partial charge < -0.3 is 19.5 Å². The van der Waals surface area contributed by atoms with E-state index in [1.54, 1.807) is 19.1 Å². The lowest BCUT2D eigenvalue weighted by Crippen LogP contribution is -2.14. The fourth-order valence-corrected chi connectivity index (χ4v) is 4.81. The quantitative estimate of drug-likeness (QED) is 0.0299. The largest absolute Gasteiger partial charge is 0.494 e. The van der Waals surface area contributed by atoms with Crippen molar-refractivity contribution < 1.29 is 23.9 Å². The molecule has 12 nitrogen and oxygen atoms in total. The van der Waals surface area contributed by atoms with E-state index in [0.29, 0.717) is 46.4 Å². The number of non-ortho nitro benzene ring substituents is 1. The predicted molar refractivity (Wildman–Crippen MR) is 188 cm³/mol. The molecule has 0 aliphatic rings. The van der Waals surface area contributed by atoms with Gasteiger partial charge in [-0.2, -0.15) is 10.2 Å². The summed E-state index contributed by atoms with van der Waals surface area (Å²) in [6.07, 6.45) is 10.7. The number of carbonyl (C=O) groups excluding carboxylic acids is 1. The van der Waals surface area contributed by atoms with Crippen molar-refractivity contribution in [2.24, 2.45) is 20.5 Å². The molecule has 0 saturated carbocycles. The number of nitro benzene ring substituents is 1. The minimum Gasteiger partial charge on any atom is -0.494 e. The number of benzene rings is 3. The molecule has 12 heteroatoms. The van der Waals surface area contributed by atoms with E-state index in [0.717, 1.165) is 30.5 Å². The van der Waals surface area contributed by atoms with Crippen molar-refractivity contribution in [1.82, 2.24) is 0 Å². The van der Waals surface area contributed by atoms with Crippen LogP contribution in [0.5, 0.6) is 11.5 Å². The molecule has 3 rings (SSSR count). The zero-order chi connectivity index (χ0) is 34.7. The maximum Gasteiger partial charge on any atom is 0.333 e. The molecule has 0 aliphatic carbocycles. The lowest BCUT2D eigenvalue weighted by atomic mass is 10.0. The summed E-state index contributed by atoms with van der Waals surface area (Å²) in [5.41, 5.74) is 4.36. The van der Waals surface area contributed by atoms with E-state index in [1.165, 1.54) is 77.0 Å². The Hall–Kier alpha value is -5.13. The van der Waals surface area contributed by atoms with Gasteiger partial charge >= 0.3 is 5.97 Å². The summed E-state index contributed by atoms with van der Waals surface area (Å²) < 4.78 is 16.3. The molecule has 256 valence electrons. The number of rotatable bonds is 21. The van der Waals surface area contributed by atoms with E-state index < -0.39 is 10.9 Å². The van der Waals surface area contributed by atoms with Crippen LogP contribution in [-0.2, 0) is 16.0 Å². The van der Waals surface area contributed by atoms with E-state index in [9.17, 15) is 14.9 Å². The van der Waals surface area contributed by atoms with Gasteiger partial charge in [0, 0.05) is 42.1 Å². The summed E-state index contributed by atoms with van der Waals surface area (Å²) in [4.78, 5) is 22.2. The lowest BCUT2D eigenvalue weighted by molar-refractivity contribution is -0.384. The number of aryl methyl sites for hydroxylation is 1. The van der Waals surface area contributed by atoms with Crippen molar-refractivity contribution in [3.8, 4) is 11.5 Å². The average molecular weight is 659 g/mol. The number of nitrogens with one attached hydrogen (secondary N) is 1. The van der Waals surface area contributed by atoms with Crippen molar-refractivity contribution in [2.45, 2.75) is 71.6 Å². The normalized spacial score (nSPS) is 11.2. The van der Waals surface area contributed by atoms with Crippen molar-refractivity contribution in [2.75, 3.05) is 32.7 Å². The van der Waals surface area contributed by atoms with Gasteiger partial charge in [0.15, 0.2) is 0 Å². The van der Waals surface area contributed by atoms with Gasteiger partial charge in [0.2, 0.25) is 0 Å². The van der Waals surface area contributed by atoms with Crippen LogP contribution in [0, 0.1) is 10.1 Å². The molecule has 0 fully saturated rings. The summed E-state index contributed by atoms with van der Waals surface area (Å²) in [6.45, 7) is 8.18. The first-order valence-electron chi connectivity index (χ1n) is 16.3. The van der Waals surface area contributed by atoms with Crippen molar-refractivity contribution in [3.05, 3.63) is 82.4 Å². The Labute approximate surface area is 282 Å². The van der Waals surface area contributed by atoms with Gasteiger partial charge in [0.1, 0.15) is 29.5 Å². The summed E-state index contributed by atoms with van der Waals surface area (Å²) in [5.74, 6) is 0.413. The standard InChI is InChI=1S/C36H46N6O6/c1-6-7-8-9-10-11-12-13-14-27-23-29(17-20-31(27)37-21-22-48-36(43)26(2)3)39-41-33-25-34(46-4)32(24-35(33)47-5)40-38-28-15-18-30(19-16-28)42(44)45/h15-20,23-25,37H,2,6-14,21-22H2,1,3-5H3/b40-38+,41-39+. The van der Waals surface area contributed by atoms with Crippen LogP contribution >= 0.6 is 0 Å². The summed E-state index contributed by atoms with van der Waals surface area (Å²) in [6, 6.07) is 14.9. The molecule has 0 aliphatic heterocycles. The van der Waals surface area contributed by atoms with Gasteiger partial charge in [-0.25, -0.2) is 4.79 Å². The number of azo groups is 2. The number of esters is 1. The van der Waals surface area contributed by atoms with Gasteiger partial charge in [-0.05, 0) is 55.7 Å². The SMILES string of the molecule is C=C(C)C(=O)OCCNc1ccc(/N=N/c2cc(OC)c(/N=N/c3ccc([N+](=O)[O-])cc3)cc2OC)cc1CCCCCCCCCC. The number of ether oxygens (including phenoxy) is 3. The third-order valence-corrected chi connectivity index (χ3v) is 7.47. The molecule has 0 spiro atoms. The van der Waals surface area contributed by atoms with Crippen LogP contribution < -0.4 is 14.8 Å².